The van der Waals surface area contributed by atoms with Crippen LogP contribution in [0.25, 0.3) is 6.08 Å². The topological polar surface area (TPSA) is 90.7 Å². The van der Waals surface area contributed by atoms with E-state index in [1.807, 2.05) is 12.1 Å². The van der Waals surface area contributed by atoms with Crippen LogP contribution < -0.4 is 20.5 Å². The summed E-state index contributed by atoms with van der Waals surface area (Å²) in [5.41, 5.74) is 7.84. The first-order chi connectivity index (χ1) is 12.6. The molecule has 7 heteroatoms. The number of nitrogens with one attached hydrogen (secondary N) is 1. The van der Waals surface area contributed by atoms with Crippen LogP contribution in [-0.4, -0.2) is 18.6 Å². The molecule has 2 heterocycles. The number of rotatable bonds is 4. The van der Waals surface area contributed by atoms with Gasteiger partial charge >= 0.3 is 0 Å². The van der Waals surface area contributed by atoms with Crippen molar-refractivity contribution in [2.75, 3.05) is 12.1 Å². The minimum absolute atomic E-state index is 0.210. The van der Waals surface area contributed by atoms with Crippen molar-refractivity contribution in [3.8, 4) is 11.5 Å². The van der Waals surface area contributed by atoms with E-state index in [1.54, 1.807) is 12.1 Å². The lowest BCUT2D eigenvalue weighted by molar-refractivity contribution is -0.111. The molecule has 0 fully saturated rings. The molecule has 0 bridgehead atoms. The minimum Gasteiger partial charge on any atom is -0.454 e. The summed E-state index contributed by atoms with van der Waals surface area (Å²) in [5.74, 6) is 0.569. The normalized spacial score (nSPS) is 15.1. The summed E-state index contributed by atoms with van der Waals surface area (Å²) in [4.78, 5) is 25.3. The molecular formula is C19H18N2O4S. The van der Waals surface area contributed by atoms with Crippen LogP contribution in [0.5, 0.6) is 11.5 Å². The van der Waals surface area contributed by atoms with Crippen molar-refractivity contribution in [3.63, 3.8) is 0 Å². The molecule has 4 rings (SSSR count). The van der Waals surface area contributed by atoms with E-state index >= 15 is 0 Å². The number of fused-ring (bicyclic) bond motifs is 2. The molecule has 0 saturated carbocycles. The van der Waals surface area contributed by atoms with E-state index in [4.69, 9.17) is 15.2 Å². The van der Waals surface area contributed by atoms with Crippen LogP contribution in [0.4, 0.5) is 5.00 Å². The summed E-state index contributed by atoms with van der Waals surface area (Å²) in [6.07, 6.45) is 7.04. The van der Waals surface area contributed by atoms with Crippen molar-refractivity contribution < 1.29 is 19.1 Å². The Kier molecular flexibility index (Phi) is 4.38. The predicted octanol–water partition coefficient (Wildman–Crippen LogP) is 3.11. The lowest BCUT2D eigenvalue weighted by Crippen LogP contribution is -2.17. The summed E-state index contributed by atoms with van der Waals surface area (Å²) in [6, 6.07) is 5.46. The van der Waals surface area contributed by atoms with Gasteiger partial charge in [-0.3, -0.25) is 9.59 Å². The molecule has 1 aromatic heterocycles. The van der Waals surface area contributed by atoms with E-state index in [2.05, 4.69) is 5.32 Å². The first kappa shape index (κ1) is 16.7. The van der Waals surface area contributed by atoms with E-state index in [0.29, 0.717) is 22.1 Å². The number of benzene rings is 1. The average Bonchev–Trinajstić information content (AvgIpc) is 3.23. The number of amides is 2. The summed E-state index contributed by atoms with van der Waals surface area (Å²) < 4.78 is 10.6. The number of carbonyl (C=O) groups is 2. The Labute approximate surface area is 154 Å². The maximum absolute atomic E-state index is 12.3. The Hall–Kier alpha value is -2.80. The van der Waals surface area contributed by atoms with Crippen LogP contribution in [-0.2, 0) is 17.6 Å². The number of aryl methyl sites for hydroxylation is 1. The number of carbonyl (C=O) groups excluding carboxylic acids is 2. The second kappa shape index (κ2) is 6.84. The largest absolute Gasteiger partial charge is 0.454 e. The van der Waals surface area contributed by atoms with Gasteiger partial charge in [-0.1, -0.05) is 6.07 Å². The minimum atomic E-state index is -0.487. The zero-order valence-corrected chi connectivity index (χ0v) is 14.9. The van der Waals surface area contributed by atoms with Crippen molar-refractivity contribution in [2.45, 2.75) is 25.7 Å². The van der Waals surface area contributed by atoms with Gasteiger partial charge in [-0.2, -0.15) is 0 Å². The molecule has 0 saturated heterocycles. The molecule has 1 aliphatic carbocycles. The standard InChI is InChI=1S/C19H18N2O4S/c20-18(23)17-12-3-1-2-4-15(12)26-19(17)21-16(22)8-6-11-5-7-13-14(9-11)25-10-24-13/h5-9H,1-4,10H2,(H2,20,23)(H,21,22)/b8-6-. The Morgan fingerprint density at radius 2 is 1.96 bits per heavy atom. The van der Waals surface area contributed by atoms with E-state index in [1.165, 1.54) is 17.4 Å². The van der Waals surface area contributed by atoms with Crippen molar-refractivity contribution in [2.24, 2.45) is 5.73 Å². The zero-order chi connectivity index (χ0) is 18.1. The van der Waals surface area contributed by atoms with Gasteiger partial charge in [0.15, 0.2) is 11.5 Å². The molecule has 0 spiro atoms. The van der Waals surface area contributed by atoms with E-state index < -0.39 is 5.91 Å². The van der Waals surface area contributed by atoms with Crippen molar-refractivity contribution in [1.29, 1.82) is 0 Å². The molecule has 0 unspecified atom stereocenters. The van der Waals surface area contributed by atoms with Crippen molar-refractivity contribution >= 4 is 34.2 Å². The molecule has 0 radical (unpaired) electrons. The Morgan fingerprint density at radius 3 is 2.81 bits per heavy atom. The molecule has 0 atom stereocenters. The first-order valence-corrected chi connectivity index (χ1v) is 9.26. The van der Waals surface area contributed by atoms with Gasteiger partial charge in [-0.25, -0.2) is 0 Å². The molecule has 134 valence electrons. The fourth-order valence-corrected chi connectivity index (χ4v) is 4.55. The molecule has 1 aromatic carbocycles. The SMILES string of the molecule is NC(=O)c1c(NC(=O)/C=C\c2ccc3c(c2)OCO3)sc2c1CCCC2. The fourth-order valence-electron chi connectivity index (χ4n) is 3.26. The molecule has 6 nitrogen and oxygen atoms in total. The monoisotopic (exact) mass is 370 g/mol. The highest BCUT2D eigenvalue weighted by Gasteiger charge is 2.24. The molecule has 3 N–H and O–H groups in total. The summed E-state index contributed by atoms with van der Waals surface area (Å²) in [6.45, 7) is 0.210. The number of hydrogen-bond donors (Lipinski definition) is 2. The molecular weight excluding hydrogens is 352 g/mol. The Morgan fingerprint density at radius 1 is 1.15 bits per heavy atom. The van der Waals surface area contributed by atoms with Crippen LogP contribution in [0.15, 0.2) is 24.3 Å². The maximum atomic E-state index is 12.3. The number of hydrogen-bond acceptors (Lipinski definition) is 5. The number of anilines is 1. The van der Waals surface area contributed by atoms with Gasteiger partial charge in [-0.05, 0) is 55.0 Å². The second-order valence-electron chi connectivity index (χ2n) is 6.21. The molecule has 1 aliphatic heterocycles. The van der Waals surface area contributed by atoms with Gasteiger partial charge in [-0.15, -0.1) is 11.3 Å². The maximum Gasteiger partial charge on any atom is 0.251 e. The lowest BCUT2D eigenvalue weighted by atomic mass is 9.95. The van der Waals surface area contributed by atoms with Crippen LogP contribution in [0.1, 0.15) is 39.2 Å². The summed E-state index contributed by atoms with van der Waals surface area (Å²) in [7, 11) is 0. The highest BCUT2D eigenvalue weighted by atomic mass is 32.1. The van der Waals surface area contributed by atoms with Crippen LogP contribution in [0, 0.1) is 0 Å². The number of thiophene rings is 1. The number of ether oxygens (including phenoxy) is 2. The molecule has 2 aliphatic rings. The van der Waals surface area contributed by atoms with Gasteiger partial charge in [0.25, 0.3) is 5.91 Å². The van der Waals surface area contributed by atoms with E-state index in [9.17, 15) is 9.59 Å². The molecule has 2 amide bonds. The third-order valence-corrected chi connectivity index (χ3v) is 5.69. The highest BCUT2D eigenvalue weighted by molar-refractivity contribution is 7.17. The third kappa shape index (κ3) is 3.17. The first-order valence-electron chi connectivity index (χ1n) is 8.45. The zero-order valence-electron chi connectivity index (χ0n) is 14.0. The number of primary amides is 1. The van der Waals surface area contributed by atoms with Gasteiger partial charge in [0, 0.05) is 11.0 Å². The van der Waals surface area contributed by atoms with Gasteiger partial charge in [0.2, 0.25) is 12.7 Å². The predicted molar refractivity (Wildman–Crippen MR) is 99.7 cm³/mol. The Balaban J connectivity index is 1.51. The molecule has 26 heavy (non-hydrogen) atoms. The summed E-state index contributed by atoms with van der Waals surface area (Å²) >= 11 is 1.45. The third-order valence-electron chi connectivity index (χ3n) is 4.48. The quantitative estimate of drug-likeness (QED) is 0.809. The molecule has 2 aromatic rings. The van der Waals surface area contributed by atoms with Crippen LogP contribution in [0.2, 0.25) is 0 Å². The second-order valence-corrected chi connectivity index (χ2v) is 7.32. The van der Waals surface area contributed by atoms with Crippen LogP contribution >= 0.6 is 11.3 Å². The Bertz CT molecular complexity index is 917. The van der Waals surface area contributed by atoms with Crippen molar-refractivity contribution in [1.82, 2.24) is 0 Å². The fraction of sp³-hybridized carbons (Fsp3) is 0.263. The van der Waals surface area contributed by atoms with Gasteiger partial charge in [0.1, 0.15) is 5.00 Å². The van der Waals surface area contributed by atoms with Crippen molar-refractivity contribution in [3.05, 3.63) is 45.8 Å². The van der Waals surface area contributed by atoms with Gasteiger partial charge in [0.05, 0.1) is 5.56 Å². The van der Waals surface area contributed by atoms with Crippen LogP contribution in [0.3, 0.4) is 0 Å². The van der Waals surface area contributed by atoms with E-state index in [0.717, 1.165) is 41.7 Å². The smallest absolute Gasteiger partial charge is 0.251 e. The van der Waals surface area contributed by atoms with E-state index in [-0.39, 0.29) is 12.7 Å². The number of nitrogens with two attached hydrogens (primary N) is 1. The summed E-state index contributed by atoms with van der Waals surface area (Å²) in [5, 5.41) is 3.35. The highest BCUT2D eigenvalue weighted by Crippen LogP contribution is 2.38. The van der Waals surface area contributed by atoms with Gasteiger partial charge < -0.3 is 20.5 Å². The lowest BCUT2D eigenvalue weighted by Gasteiger charge is -2.11. The average molecular weight is 370 g/mol.